The largest absolute Gasteiger partial charge is 0.569 e. The van der Waals surface area contributed by atoms with E-state index >= 15 is 0 Å². The minimum absolute atomic E-state index is 0.164. The number of rotatable bonds is 22. The predicted octanol–water partition coefficient (Wildman–Crippen LogP) is -2.84. The van der Waals surface area contributed by atoms with E-state index < -0.39 is 89.9 Å². The van der Waals surface area contributed by atoms with Crippen LogP contribution in [0.3, 0.4) is 0 Å². The van der Waals surface area contributed by atoms with Gasteiger partial charge in [0.15, 0.2) is 0 Å². The molecule has 3 atom stereocenters. The first-order valence-corrected chi connectivity index (χ1v) is 13.3. The molecular weight excluding hydrogens is 562 g/mol. The second-order valence-corrected chi connectivity index (χ2v) is 11.7. The Bertz CT molecular complexity index is 761. The van der Waals surface area contributed by atoms with Crippen molar-refractivity contribution >= 4 is 62.4 Å². The van der Waals surface area contributed by atoms with E-state index in [0.717, 1.165) is 14.7 Å². The average molecular weight is 594 g/mol. The third-order valence-corrected chi connectivity index (χ3v) is 5.69. The molecule has 37 heavy (non-hydrogen) atoms. The van der Waals surface area contributed by atoms with Gasteiger partial charge in [-0.1, -0.05) is 0 Å². The first kappa shape index (κ1) is 35.4. The van der Waals surface area contributed by atoms with Crippen molar-refractivity contribution in [2.24, 2.45) is 0 Å². The van der Waals surface area contributed by atoms with Gasteiger partial charge in [-0.25, -0.2) is 0 Å². The topological polar surface area (TPSA) is 255 Å². The highest BCUT2D eigenvalue weighted by molar-refractivity contribution is 7.93. The van der Waals surface area contributed by atoms with Crippen LogP contribution in [0.4, 0.5) is 0 Å². The Labute approximate surface area is 217 Å². The van der Waals surface area contributed by atoms with Crippen molar-refractivity contribution in [1.29, 1.82) is 0 Å². The van der Waals surface area contributed by atoms with Gasteiger partial charge >= 0.3 is 38.0 Å². The van der Waals surface area contributed by atoms with Gasteiger partial charge in [0.05, 0.1) is 45.3 Å². The van der Waals surface area contributed by atoms with E-state index in [1.807, 2.05) is 0 Å². The van der Waals surface area contributed by atoms with Gasteiger partial charge < -0.3 is 25.5 Å². The van der Waals surface area contributed by atoms with E-state index in [1.54, 1.807) is 0 Å². The van der Waals surface area contributed by atoms with E-state index in [2.05, 4.69) is 18.2 Å². The molecule has 0 aromatic carbocycles. The van der Waals surface area contributed by atoms with E-state index in [4.69, 9.17) is 29.5 Å². The molecule has 0 spiro atoms. The Hall–Kier alpha value is -1.58. The Balaban J connectivity index is 5.94. The number of carbonyl (C=O) groups is 5. The van der Waals surface area contributed by atoms with Crippen molar-refractivity contribution in [3.05, 3.63) is 0 Å². The average Bonchev–Trinajstić information content (AvgIpc) is 2.70. The predicted molar refractivity (Wildman–Crippen MR) is 135 cm³/mol. The summed E-state index contributed by atoms with van der Waals surface area (Å²) in [6.45, 7) is -5.41. The van der Waals surface area contributed by atoms with Crippen molar-refractivity contribution in [2.45, 2.75) is 6.04 Å². The number of nitrogens with zero attached hydrogens (tertiary/aromatic N) is 3. The van der Waals surface area contributed by atoms with Crippen LogP contribution in [0.5, 0.6) is 0 Å². The summed E-state index contributed by atoms with van der Waals surface area (Å²) in [7, 11) is 0.222. The summed E-state index contributed by atoms with van der Waals surface area (Å²) in [5.41, 5.74) is 0. The molecule has 0 heterocycles. The van der Waals surface area contributed by atoms with Crippen molar-refractivity contribution in [3.63, 3.8) is 0 Å². The molecule has 21 heteroatoms. The van der Waals surface area contributed by atoms with Crippen LogP contribution in [-0.4, -0.2) is 158 Å². The fourth-order valence-corrected chi connectivity index (χ4v) is 4.30. The molecule has 0 radical (unpaired) electrons. The zero-order valence-electron chi connectivity index (χ0n) is 19.7. The van der Waals surface area contributed by atoms with Gasteiger partial charge in [-0.15, -0.1) is 0 Å². The molecule has 7 N–H and O–H groups in total. The molecule has 0 rings (SSSR count). The molecule has 0 bridgehead atoms. The first-order chi connectivity index (χ1) is 17.0. The van der Waals surface area contributed by atoms with Gasteiger partial charge in [0.2, 0.25) is 6.15 Å². The quantitative estimate of drug-likeness (QED) is 0.0492. The SMILES string of the molecule is O=C(O)CN(CCN(CC(=O)O)C(CO[P+](O)(O)OCB(P)P)CN(CC(=O)O)CC(=O)O)CC(=O)O. The second-order valence-electron chi connectivity index (χ2n) is 7.72. The minimum atomic E-state index is -4.42. The van der Waals surface area contributed by atoms with Gasteiger partial charge in [-0.2, -0.15) is 37.1 Å². The van der Waals surface area contributed by atoms with Gasteiger partial charge in [-0.3, -0.25) is 38.7 Å². The Morgan fingerprint density at radius 1 is 0.703 bits per heavy atom. The minimum Gasteiger partial charge on any atom is -0.480 e. The molecule has 0 aromatic heterocycles. The van der Waals surface area contributed by atoms with Crippen LogP contribution in [0.15, 0.2) is 0 Å². The number of aliphatic carboxylic acids is 5. The van der Waals surface area contributed by atoms with E-state index in [0.29, 0.717) is 0 Å². The third kappa shape index (κ3) is 19.2. The highest BCUT2D eigenvalue weighted by Crippen LogP contribution is 2.52. The summed E-state index contributed by atoms with van der Waals surface area (Å²) >= 11 is 0. The van der Waals surface area contributed by atoms with Crippen LogP contribution in [0.2, 0.25) is 0 Å². The van der Waals surface area contributed by atoms with Crippen molar-refractivity contribution in [3.8, 4) is 0 Å². The first-order valence-electron chi connectivity index (χ1n) is 10.4. The van der Waals surface area contributed by atoms with Gasteiger partial charge in [0.1, 0.15) is 6.61 Å². The van der Waals surface area contributed by atoms with Crippen LogP contribution < -0.4 is 0 Å². The standard InChI is InChI=1S/C16H31BN3O14P3/c21-12(22)4-18(5-13(23)24)1-2-20(8-16(29)30)11(3-19(6-14(25)26)7-15(27)28)9-33-37(31,32)34-10-17(35)36/h11,31-32H,1-10,35-36H2,(H4-,21,22,23,24,25,26,27,28,29,30)/p+1. The molecule has 0 saturated heterocycles. The van der Waals surface area contributed by atoms with Crippen molar-refractivity contribution in [2.75, 3.05) is 65.5 Å². The maximum absolute atomic E-state index is 11.5. The normalized spacial score (nSPS) is 12.6. The molecule has 0 aliphatic carbocycles. The molecule has 0 aromatic rings. The van der Waals surface area contributed by atoms with Crippen LogP contribution in [0.1, 0.15) is 0 Å². The summed E-state index contributed by atoms with van der Waals surface area (Å²) < 4.78 is 9.98. The molecule has 0 aliphatic heterocycles. The zero-order chi connectivity index (χ0) is 28.8. The summed E-state index contributed by atoms with van der Waals surface area (Å²) in [6.07, 6.45) is -0.266. The molecule has 3 unspecified atom stereocenters. The molecule has 17 nitrogen and oxygen atoms in total. The summed E-state index contributed by atoms with van der Waals surface area (Å²) in [5, 5.41) is 45.7. The third-order valence-electron chi connectivity index (χ3n) is 4.33. The Morgan fingerprint density at radius 2 is 1.14 bits per heavy atom. The number of hydrogen-bond donors (Lipinski definition) is 7. The Morgan fingerprint density at radius 3 is 1.54 bits per heavy atom. The molecular formula is C16H32BN3O14P3+. The lowest BCUT2D eigenvalue weighted by atomic mass is 10.1. The number of hydrogen-bond acceptors (Lipinski definition) is 12. The fourth-order valence-electron chi connectivity index (χ4n) is 2.97. The molecule has 0 fully saturated rings. The second kappa shape index (κ2) is 17.8. The van der Waals surface area contributed by atoms with Crippen LogP contribution in [0, 0.1) is 0 Å². The van der Waals surface area contributed by atoms with Crippen molar-refractivity contribution in [1.82, 2.24) is 14.7 Å². The van der Waals surface area contributed by atoms with Crippen LogP contribution in [-0.2, 0) is 33.0 Å². The fraction of sp³-hybridized carbons (Fsp3) is 0.688. The maximum atomic E-state index is 11.5. The highest BCUT2D eigenvalue weighted by atomic mass is 31.2. The van der Waals surface area contributed by atoms with Gasteiger partial charge in [-0.05, 0) is 0 Å². The Kier molecular flexibility index (Phi) is 17.1. The molecule has 0 amide bonds. The summed E-state index contributed by atoms with van der Waals surface area (Å²) in [6, 6.07) is -1.17. The number of carboxylic acid groups (broad SMARTS) is 5. The zero-order valence-corrected chi connectivity index (χ0v) is 22.9. The van der Waals surface area contributed by atoms with Crippen molar-refractivity contribution < 1.29 is 68.3 Å². The van der Waals surface area contributed by atoms with Crippen LogP contribution in [0.25, 0.3) is 0 Å². The highest BCUT2D eigenvalue weighted by Gasteiger charge is 2.42. The lowest BCUT2D eigenvalue weighted by Gasteiger charge is -2.34. The molecule has 0 aliphatic rings. The monoisotopic (exact) mass is 594 g/mol. The smallest absolute Gasteiger partial charge is 0.480 e. The van der Waals surface area contributed by atoms with Crippen LogP contribution >= 0.6 is 26.4 Å². The molecule has 0 saturated carbocycles. The summed E-state index contributed by atoms with van der Waals surface area (Å²) in [4.78, 5) is 79.3. The van der Waals surface area contributed by atoms with E-state index in [-0.39, 0.29) is 25.7 Å². The summed E-state index contributed by atoms with van der Waals surface area (Å²) in [5.74, 6) is -6.83. The molecule has 212 valence electrons. The lowest BCUT2D eigenvalue weighted by molar-refractivity contribution is -0.144. The van der Waals surface area contributed by atoms with E-state index in [9.17, 15) is 38.9 Å². The van der Waals surface area contributed by atoms with Gasteiger partial charge in [0, 0.05) is 19.6 Å². The maximum Gasteiger partial charge on any atom is 0.569 e. The number of carboxylic acids is 5. The van der Waals surface area contributed by atoms with Gasteiger partial charge in [0.25, 0.3) is 0 Å². The van der Waals surface area contributed by atoms with E-state index in [1.165, 1.54) is 0 Å². The lowest BCUT2D eigenvalue weighted by Crippen LogP contribution is -2.52.